The van der Waals surface area contributed by atoms with E-state index in [4.69, 9.17) is 10.7 Å². The molecule has 2 aromatic heterocycles. The van der Waals surface area contributed by atoms with Crippen molar-refractivity contribution in [1.82, 2.24) is 9.97 Å². The van der Waals surface area contributed by atoms with Crippen molar-refractivity contribution < 1.29 is 0 Å². The van der Waals surface area contributed by atoms with E-state index < -0.39 is 0 Å². The minimum Gasteiger partial charge on any atom is -0.326 e. The first-order chi connectivity index (χ1) is 14.8. The molecule has 0 atom stereocenters. The minimum atomic E-state index is 0. The Hall–Kier alpha value is -3.24. The molecule has 0 aliphatic rings. The van der Waals surface area contributed by atoms with Crippen LogP contribution in [0.4, 0.5) is 0 Å². The highest BCUT2D eigenvalue weighted by atomic mass is 35.5. The van der Waals surface area contributed by atoms with Gasteiger partial charge in [0.1, 0.15) is 0 Å². The van der Waals surface area contributed by atoms with Crippen LogP contribution in [0.25, 0.3) is 44.5 Å². The number of hydrogen-bond acceptors (Lipinski definition) is 3. The number of benzene rings is 3. The largest absolute Gasteiger partial charge is 0.326 e. The second kappa shape index (κ2) is 10.4. The lowest BCUT2D eigenvalue weighted by molar-refractivity contribution is 1.07. The van der Waals surface area contributed by atoms with Crippen LogP contribution >= 0.6 is 24.8 Å². The van der Waals surface area contributed by atoms with Crippen LogP contribution in [0.5, 0.6) is 0 Å². The zero-order chi connectivity index (χ0) is 20.3. The van der Waals surface area contributed by atoms with Crippen molar-refractivity contribution in [2.75, 3.05) is 0 Å². The van der Waals surface area contributed by atoms with Crippen LogP contribution < -0.4 is 5.73 Å². The van der Waals surface area contributed by atoms with Crippen LogP contribution in [0.3, 0.4) is 0 Å². The quantitative estimate of drug-likeness (QED) is 0.316. The Kier molecular flexibility index (Phi) is 7.60. The van der Waals surface area contributed by atoms with Crippen molar-refractivity contribution in [3.63, 3.8) is 0 Å². The van der Waals surface area contributed by atoms with E-state index in [1.54, 1.807) is 0 Å². The molecule has 0 amide bonds. The van der Waals surface area contributed by atoms with Gasteiger partial charge in [-0.15, -0.1) is 24.8 Å². The predicted molar refractivity (Wildman–Crippen MR) is 138 cm³/mol. The van der Waals surface area contributed by atoms with Crippen molar-refractivity contribution in [2.24, 2.45) is 5.73 Å². The van der Waals surface area contributed by atoms with E-state index in [2.05, 4.69) is 71.7 Å². The molecule has 5 rings (SSSR count). The first-order valence-corrected chi connectivity index (χ1v) is 10.0. The summed E-state index contributed by atoms with van der Waals surface area (Å²) < 4.78 is 0. The summed E-state index contributed by atoms with van der Waals surface area (Å²) in [5.41, 5.74) is 14.1. The highest BCUT2D eigenvalue weighted by Gasteiger charge is 2.14. The molecular weight excluding hydrogens is 437 g/mol. The summed E-state index contributed by atoms with van der Waals surface area (Å²) in [6.07, 6.45) is 1.83. The zero-order valence-electron chi connectivity index (χ0n) is 17.3. The summed E-state index contributed by atoms with van der Waals surface area (Å²) in [7, 11) is 0. The zero-order valence-corrected chi connectivity index (χ0v) is 18.9. The first kappa shape index (κ1) is 23.4. The second-order valence-corrected chi connectivity index (χ2v) is 7.24. The summed E-state index contributed by atoms with van der Waals surface area (Å²) in [4.78, 5) is 9.78. The van der Waals surface area contributed by atoms with Gasteiger partial charge in [-0.25, -0.2) is 4.98 Å². The summed E-state index contributed by atoms with van der Waals surface area (Å²) in [5.74, 6) is 0. The van der Waals surface area contributed by atoms with Gasteiger partial charge >= 0.3 is 0 Å². The van der Waals surface area contributed by atoms with Crippen LogP contribution in [0.15, 0.2) is 103 Å². The molecule has 2 heterocycles. The fourth-order valence-corrected chi connectivity index (χ4v) is 3.78. The molecule has 0 saturated carbocycles. The van der Waals surface area contributed by atoms with Gasteiger partial charge in [-0.3, -0.25) is 4.98 Å². The molecule has 5 heteroatoms. The van der Waals surface area contributed by atoms with Crippen molar-refractivity contribution >= 4 is 35.7 Å². The lowest BCUT2D eigenvalue weighted by Gasteiger charge is -2.14. The lowest BCUT2D eigenvalue weighted by Crippen LogP contribution is -1.97. The van der Waals surface area contributed by atoms with Crippen molar-refractivity contribution in [3.8, 4) is 33.6 Å². The molecule has 0 fully saturated rings. The number of nitrogens with two attached hydrogens (primary N) is 1. The molecule has 5 aromatic rings. The number of rotatable bonds is 4. The van der Waals surface area contributed by atoms with Gasteiger partial charge in [0.15, 0.2) is 0 Å². The van der Waals surface area contributed by atoms with Gasteiger partial charge in [-0.2, -0.15) is 0 Å². The number of nitrogens with zero attached hydrogens (tertiary/aromatic N) is 2. The van der Waals surface area contributed by atoms with Gasteiger partial charge in [-0.1, -0.05) is 84.9 Å². The summed E-state index contributed by atoms with van der Waals surface area (Å²) in [6.45, 7) is 0.531. The standard InChI is InChI=1S/C27H21N3.2ClH/c28-18-19-11-13-22(14-12-19)27-23(20-7-3-1-4-8-20)17-24-25(30-27)15-16-29-26(24)21-9-5-2-6-10-21;;/h1-17H,18,28H2;2*1H. The van der Waals surface area contributed by atoms with Gasteiger partial charge in [0.25, 0.3) is 0 Å². The molecule has 0 saturated heterocycles. The fraction of sp³-hybridized carbons (Fsp3) is 0.0370. The fourth-order valence-electron chi connectivity index (χ4n) is 3.78. The van der Waals surface area contributed by atoms with Crippen molar-refractivity contribution in [2.45, 2.75) is 6.54 Å². The second-order valence-electron chi connectivity index (χ2n) is 7.24. The van der Waals surface area contributed by atoms with E-state index in [0.717, 1.165) is 50.1 Å². The van der Waals surface area contributed by atoms with Crippen LogP contribution in [0.2, 0.25) is 0 Å². The predicted octanol–water partition coefficient (Wildman–Crippen LogP) is 6.93. The van der Waals surface area contributed by atoms with Crippen LogP contribution in [0, 0.1) is 0 Å². The first-order valence-electron chi connectivity index (χ1n) is 10.0. The van der Waals surface area contributed by atoms with Gasteiger partial charge in [0, 0.05) is 34.8 Å². The van der Waals surface area contributed by atoms with E-state index in [9.17, 15) is 0 Å². The molecule has 0 aliphatic carbocycles. The molecular formula is C27H23Cl2N3. The SMILES string of the molecule is Cl.Cl.NCc1ccc(-c2nc3ccnc(-c4ccccc4)c3cc2-c2ccccc2)cc1. The van der Waals surface area contributed by atoms with E-state index in [-0.39, 0.29) is 24.8 Å². The lowest BCUT2D eigenvalue weighted by atomic mass is 9.95. The minimum absolute atomic E-state index is 0. The Labute approximate surface area is 200 Å². The number of halogens is 2. The Balaban J connectivity index is 0.00000144. The molecule has 32 heavy (non-hydrogen) atoms. The monoisotopic (exact) mass is 459 g/mol. The van der Waals surface area contributed by atoms with Crippen LogP contribution in [-0.4, -0.2) is 9.97 Å². The molecule has 0 bridgehead atoms. The molecule has 160 valence electrons. The molecule has 0 spiro atoms. The third kappa shape index (κ3) is 4.51. The molecule has 0 radical (unpaired) electrons. The van der Waals surface area contributed by atoms with Gasteiger partial charge in [0.2, 0.25) is 0 Å². The Morgan fingerprint density at radius 3 is 1.84 bits per heavy atom. The number of hydrogen-bond donors (Lipinski definition) is 1. The summed E-state index contributed by atoms with van der Waals surface area (Å²) in [5, 5.41) is 1.05. The average molecular weight is 460 g/mol. The highest BCUT2D eigenvalue weighted by molar-refractivity contribution is 5.98. The third-order valence-corrected chi connectivity index (χ3v) is 5.34. The molecule has 0 unspecified atom stereocenters. The Morgan fingerprint density at radius 1 is 0.625 bits per heavy atom. The Morgan fingerprint density at radius 2 is 1.22 bits per heavy atom. The van der Waals surface area contributed by atoms with E-state index in [0.29, 0.717) is 6.54 Å². The summed E-state index contributed by atoms with van der Waals surface area (Å²) >= 11 is 0. The third-order valence-electron chi connectivity index (χ3n) is 5.34. The van der Waals surface area contributed by atoms with Gasteiger partial charge < -0.3 is 5.73 Å². The maximum absolute atomic E-state index is 5.78. The van der Waals surface area contributed by atoms with Gasteiger partial charge in [0.05, 0.1) is 16.9 Å². The van der Waals surface area contributed by atoms with Crippen molar-refractivity contribution in [1.29, 1.82) is 0 Å². The van der Waals surface area contributed by atoms with Crippen LogP contribution in [-0.2, 0) is 6.54 Å². The van der Waals surface area contributed by atoms with Gasteiger partial charge in [-0.05, 0) is 23.3 Å². The van der Waals surface area contributed by atoms with E-state index in [1.807, 2.05) is 36.5 Å². The Bertz CT molecular complexity index is 1310. The molecule has 2 N–H and O–H groups in total. The maximum Gasteiger partial charge on any atom is 0.0796 e. The van der Waals surface area contributed by atoms with Crippen molar-refractivity contribution in [3.05, 3.63) is 109 Å². The summed E-state index contributed by atoms with van der Waals surface area (Å²) in [6, 6.07) is 33.2. The van der Waals surface area contributed by atoms with E-state index >= 15 is 0 Å². The van der Waals surface area contributed by atoms with Crippen LogP contribution in [0.1, 0.15) is 5.56 Å². The van der Waals surface area contributed by atoms with E-state index in [1.165, 1.54) is 0 Å². The molecule has 3 nitrogen and oxygen atoms in total. The highest BCUT2D eigenvalue weighted by Crippen LogP contribution is 2.36. The average Bonchev–Trinajstić information content (AvgIpc) is 2.84. The molecule has 3 aromatic carbocycles. The topological polar surface area (TPSA) is 51.8 Å². The maximum atomic E-state index is 5.78. The smallest absolute Gasteiger partial charge is 0.0796 e. The normalized spacial score (nSPS) is 10.3. The number of fused-ring (bicyclic) bond motifs is 1. The molecule has 0 aliphatic heterocycles. The number of pyridine rings is 2. The number of aromatic nitrogens is 2.